The predicted octanol–water partition coefficient (Wildman–Crippen LogP) is 0.888. The fraction of sp³-hybridized carbons (Fsp3) is 0.0526. The molecule has 0 aliphatic rings. The van der Waals surface area contributed by atoms with Crippen molar-refractivity contribution in [3.63, 3.8) is 0 Å². The molecule has 0 bridgehead atoms. The number of hydrogen-bond acceptors (Lipinski definition) is 7. The minimum absolute atomic E-state index is 0.152. The quantitative estimate of drug-likeness (QED) is 0.244. The first-order chi connectivity index (χ1) is 12.3. The van der Waals surface area contributed by atoms with Crippen LogP contribution in [0, 0.1) is 6.92 Å². The summed E-state index contributed by atoms with van der Waals surface area (Å²) >= 11 is 0. The third-order valence-corrected chi connectivity index (χ3v) is 4.66. The van der Waals surface area contributed by atoms with Gasteiger partial charge < -0.3 is 15.3 Å². The molecule has 3 N–H and O–H groups in total. The van der Waals surface area contributed by atoms with Gasteiger partial charge in [-0.2, -0.15) is 0 Å². The molecule has 0 aromatic heterocycles. The Morgan fingerprint density at radius 2 is 1.35 bits per heavy atom. The number of fused-ring (bicyclic) bond motifs is 4. The second kappa shape index (κ2) is 4.89. The SMILES string of the molecule is Cc1c(O)c2cc(O)c3c(=O)c4c(O)cccc4c(=O)c3c2c(=O)c1=O. The maximum absolute atomic E-state index is 12.9. The summed E-state index contributed by atoms with van der Waals surface area (Å²) < 4.78 is 0. The van der Waals surface area contributed by atoms with Gasteiger partial charge in [-0.3, -0.25) is 19.2 Å². The Morgan fingerprint density at radius 3 is 2.04 bits per heavy atom. The number of rotatable bonds is 0. The van der Waals surface area contributed by atoms with Crippen LogP contribution in [0.25, 0.3) is 32.3 Å². The van der Waals surface area contributed by atoms with Gasteiger partial charge in [-0.05, 0) is 19.1 Å². The van der Waals surface area contributed by atoms with Crippen molar-refractivity contribution in [3.8, 4) is 17.2 Å². The molecule has 0 atom stereocenters. The molecular formula is C19H10O7. The fourth-order valence-corrected chi connectivity index (χ4v) is 3.37. The minimum Gasteiger partial charge on any atom is -0.507 e. The lowest BCUT2D eigenvalue weighted by atomic mass is 9.94. The van der Waals surface area contributed by atoms with Crippen molar-refractivity contribution in [3.05, 3.63) is 70.7 Å². The van der Waals surface area contributed by atoms with Crippen LogP contribution in [0.3, 0.4) is 0 Å². The summed E-state index contributed by atoms with van der Waals surface area (Å²) in [5, 5.41) is 28.5. The summed E-state index contributed by atoms with van der Waals surface area (Å²) in [5.74, 6) is -1.61. The van der Waals surface area contributed by atoms with E-state index in [0.29, 0.717) is 0 Å². The van der Waals surface area contributed by atoms with Gasteiger partial charge in [0, 0.05) is 27.1 Å². The lowest BCUT2D eigenvalue weighted by Crippen LogP contribution is -2.27. The topological polar surface area (TPSA) is 129 Å². The van der Waals surface area contributed by atoms with Crippen molar-refractivity contribution < 1.29 is 15.3 Å². The van der Waals surface area contributed by atoms with Gasteiger partial charge in [0.05, 0.1) is 10.8 Å². The van der Waals surface area contributed by atoms with Crippen LogP contribution in [0.2, 0.25) is 0 Å². The van der Waals surface area contributed by atoms with Crippen LogP contribution in [0.1, 0.15) is 5.56 Å². The maximum Gasteiger partial charge on any atom is 0.234 e. The van der Waals surface area contributed by atoms with Gasteiger partial charge in [0.2, 0.25) is 16.3 Å². The molecule has 0 aliphatic heterocycles. The predicted molar refractivity (Wildman–Crippen MR) is 96.1 cm³/mol. The van der Waals surface area contributed by atoms with E-state index in [9.17, 15) is 34.5 Å². The summed E-state index contributed by atoms with van der Waals surface area (Å²) in [6.45, 7) is 1.25. The van der Waals surface area contributed by atoms with E-state index >= 15 is 0 Å². The molecule has 0 saturated heterocycles. The Labute approximate surface area is 143 Å². The van der Waals surface area contributed by atoms with E-state index in [1.165, 1.54) is 25.1 Å². The molecule has 7 nitrogen and oxygen atoms in total. The zero-order chi connectivity index (χ0) is 18.9. The molecule has 0 fully saturated rings. The number of phenols is 3. The van der Waals surface area contributed by atoms with Gasteiger partial charge in [0.25, 0.3) is 0 Å². The van der Waals surface area contributed by atoms with Crippen LogP contribution in [-0.2, 0) is 0 Å². The first-order valence-corrected chi connectivity index (χ1v) is 7.56. The molecule has 4 rings (SSSR count). The number of phenolic OH excluding ortho intramolecular Hbond substituents is 3. The van der Waals surface area contributed by atoms with Crippen molar-refractivity contribution in [2.45, 2.75) is 6.92 Å². The highest BCUT2D eigenvalue weighted by Crippen LogP contribution is 2.34. The highest BCUT2D eigenvalue weighted by molar-refractivity contribution is 6.16. The molecule has 0 aliphatic carbocycles. The van der Waals surface area contributed by atoms with E-state index in [1.807, 2.05) is 0 Å². The van der Waals surface area contributed by atoms with Gasteiger partial charge >= 0.3 is 0 Å². The lowest BCUT2D eigenvalue weighted by molar-refractivity contribution is 0.472. The smallest absolute Gasteiger partial charge is 0.234 e. The van der Waals surface area contributed by atoms with Crippen molar-refractivity contribution >= 4 is 32.3 Å². The van der Waals surface area contributed by atoms with E-state index in [-0.39, 0.29) is 21.7 Å². The number of benzene rings is 4. The molecule has 0 saturated carbocycles. The van der Waals surface area contributed by atoms with Gasteiger partial charge in [-0.15, -0.1) is 0 Å². The molecule has 0 unspecified atom stereocenters. The van der Waals surface area contributed by atoms with Crippen LogP contribution < -0.4 is 21.7 Å². The molecule has 0 amide bonds. The minimum atomic E-state index is -1.05. The summed E-state index contributed by atoms with van der Waals surface area (Å²) in [7, 11) is 0. The summed E-state index contributed by atoms with van der Waals surface area (Å²) in [5.41, 5.74) is -3.90. The van der Waals surface area contributed by atoms with E-state index < -0.39 is 55.1 Å². The van der Waals surface area contributed by atoms with Crippen molar-refractivity contribution in [1.82, 2.24) is 0 Å². The monoisotopic (exact) mass is 350 g/mol. The average Bonchev–Trinajstić information content (AvgIpc) is 2.61. The van der Waals surface area contributed by atoms with Gasteiger partial charge in [-0.1, -0.05) is 12.1 Å². The largest absolute Gasteiger partial charge is 0.507 e. The molecule has 0 radical (unpaired) electrons. The summed E-state index contributed by atoms with van der Waals surface area (Å²) in [6.07, 6.45) is 0. The van der Waals surface area contributed by atoms with Crippen LogP contribution >= 0.6 is 0 Å². The van der Waals surface area contributed by atoms with E-state index in [4.69, 9.17) is 0 Å². The Balaban J connectivity index is 2.56. The molecular weight excluding hydrogens is 340 g/mol. The van der Waals surface area contributed by atoms with E-state index in [0.717, 1.165) is 6.07 Å². The second-order valence-electron chi connectivity index (χ2n) is 6.06. The van der Waals surface area contributed by atoms with Crippen molar-refractivity contribution in [2.75, 3.05) is 0 Å². The van der Waals surface area contributed by atoms with Gasteiger partial charge in [0.15, 0.2) is 5.43 Å². The van der Waals surface area contributed by atoms with Crippen molar-refractivity contribution in [2.24, 2.45) is 0 Å². The third-order valence-electron chi connectivity index (χ3n) is 4.66. The number of hydrogen-bond donors (Lipinski definition) is 3. The standard InChI is InChI=1S/C19H10O7/c1-6-15(22)8-5-10(21)13-14(12(8)19(26)16(6)23)17(24)7-3-2-4-9(20)11(7)18(13)25/h2-5,20-22H,1H3. The molecule has 0 spiro atoms. The highest BCUT2D eigenvalue weighted by atomic mass is 16.3. The zero-order valence-electron chi connectivity index (χ0n) is 13.3. The normalized spacial score (nSPS) is 11.6. The Kier molecular flexibility index (Phi) is 2.96. The Morgan fingerprint density at radius 1 is 0.654 bits per heavy atom. The molecule has 4 aromatic carbocycles. The molecule has 0 heterocycles. The summed E-state index contributed by atoms with van der Waals surface area (Å²) in [6, 6.07) is 4.84. The fourth-order valence-electron chi connectivity index (χ4n) is 3.37. The van der Waals surface area contributed by atoms with Gasteiger partial charge in [0.1, 0.15) is 17.2 Å². The van der Waals surface area contributed by atoms with E-state index in [1.54, 1.807) is 0 Å². The van der Waals surface area contributed by atoms with Crippen LogP contribution in [0.15, 0.2) is 43.4 Å². The number of aromatic hydroxyl groups is 3. The lowest BCUT2D eigenvalue weighted by Gasteiger charge is -2.09. The Hall–Kier alpha value is -3.74. The highest BCUT2D eigenvalue weighted by Gasteiger charge is 2.23. The Bertz CT molecular complexity index is 1490. The van der Waals surface area contributed by atoms with E-state index in [2.05, 4.69) is 0 Å². The molecule has 4 aromatic rings. The first kappa shape index (κ1) is 15.8. The zero-order valence-corrected chi connectivity index (χ0v) is 13.3. The van der Waals surface area contributed by atoms with Crippen molar-refractivity contribution in [1.29, 1.82) is 0 Å². The molecule has 7 heteroatoms. The maximum atomic E-state index is 12.9. The average molecular weight is 350 g/mol. The molecule has 128 valence electrons. The first-order valence-electron chi connectivity index (χ1n) is 7.56. The van der Waals surface area contributed by atoms with Gasteiger partial charge in [-0.25, -0.2) is 0 Å². The second-order valence-corrected chi connectivity index (χ2v) is 6.06. The van der Waals surface area contributed by atoms with Crippen LogP contribution in [0.5, 0.6) is 17.2 Å². The van der Waals surface area contributed by atoms with Crippen LogP contribution in [0.4, 0.5) is 0 Å². The molecule has 26 heavy (non-hydrogen) atoms. The third kappa shape index (κ3) is 1.71. The van der Waals surface area contributed by atoms with Crippen LogP contribution in [-0.4, -0.2) is 15.3 Å². The summed E-state index contributed by atoms with van der Waals surface area (Å²) in [4.78, 5) is 50.3.